The van der Waals surface area contributed by atoms with E-state index in [4.69, 9.17) is 0 Å². The van der Waals surface area contributed by atoms with Crippen LogP contribution in [0.1, 0.15) is 28.4 Å². The summed E-state index contributed by atoms with van der Waals surface area (Å²) in [7, 11) is 1.95. The maximum absolute atomic E-state index is 11.5. The molecule has 1 aromatic carbocycles. The van der Waals surface area contributed by atoms with Gasteiger partial charge in [-0.1, -0.05) is 41.1 Å². The van der Waals surface area contributed by atoms with Crippen molar-refractivity contribution in [2.45, 2.75) is 32.0 Å². The molecular formula is C16H21N3OS. The summed E-state index contributed by atoms with van der Waals surface area (Å²) < 4.78 is 0. The lowest BCUT2D eigenvalue weighted by molar-refractivity contribution is 0.659. The predicted molar refractivity (Wildman–Crippen MR) is 88.0 cm³/mol. The van der Waals surface area contributed by atoms with Gasteiger partial charge in [0.05, 0.1) is 0 Å². The van der Waals surface area contributed by atoms with Crippen molar-refractivity contribution in [2.24, 2.45) is 0 Å². The van der Waals surface area contributed by atoms with Gasteiger partial charge in [0.25, 0.3) is 5.56 Å². The Kier molecular flexibility index (Phi) is 5.20. The Hall–Kier alpha value is -1.59. The number of aryl methyl sites for hydroxylation is 3. The fourth-order valence-electron chi connectivity index (χ4n) is 2.34. The number of aromatic nitrogens is 2. The maximum atomic E-state index is 11.5. The van der Waals surface area contributed by atoms with Crippen molar-refractivity contribution < 1.29 is 0 Å². The van der Waals surface area contributed by atoms with Gasteiger partial charge in [-0.2, -0.15) is 0 Å². The second-order valence-corrected chi connectivity index (χ2v) is 6.27. The van der Waals surface area contributed by atoms with Gasteiger partial charge in [-0.15, -0.1) is 0 Å². The van der Waals surface area contributed by atoms with Crippen molar-refractivity contribution in [2.75, 3.05) is 12.8 Å². The summed E-state index contributed by atoms with van der Waals surface area (Å²) in [5.74, 6) is 0.811. The van der Waals surface area contributed by atoms with Crippen LogP contribution in [-0.4, -0.2) is 22.8 Å². The Morgan fingerprint density at radius 2 is 1.86 bits per heavy atom. The van der Waals surface area contributed by atoms with Crippen LogP contribution in [-0.2, 0) is 0 Å². The average Bonchev–Trinajstić information content (AvgIpc) is 2.37. The number of nitrogens with one attached hydrogen (secondary N) is 2. The van der Waals surface area contributed by atoms with E-state index in [1.165, 1.54) is 22.8 Å². The lowest BCUT2D eigenvalue weighted by Crippen LogP contribution is -2.19. The number of rotatable bonds is 5. The highest BCUT2D eigenvalue weighted by molar-refractivity contribution is 7.99. The van der Waals surface area contributed by atoms with Gasteiger partial charge in [0.1, 0.15) is 0 Å². The van der Waals surface area contributed by atoms with Crippen molar-refractivity contribution in [1.29, 1.82) is 0 Å². The first-order chi connectivity index (χ1) is 9.97. The van der Waals surface area contributed by atoms with E-state index in [2.05, 4.69) is 47.3 Å². The summed E-state index contributed by atoms with van der Waals surface area (Å²) in [6.07, 6.45) is 0. The van der Waals surface area contributed by atoms with Gasteiger partial charge in [-0.3, -0.25) is 4.79 Å². The second-order valence-electron chi connectivity index (χ2n) is 5.27. The zero-order valence-electron chi connectivity index (χ0n) is 12.9. The van der Waals surface area contributed by atoms with Crippen LogP contribution in [0.3, 0.4) is 0 Å². The smallest absolute Gasteiger partial charge is 0.251 e. The number of H-pyrrole nitrogens is 1. The zero-order valence-corrected chi connectivity index (χ0v) is 13.7. The van der Waals surface area contributed by atoms with Gasteiger partial charge >= 0.3 is 0 Å². The molecule has 0 aliphatic carbocycles. The third-order valence-electron chi connectivity index (χ3n) is 3.23. The number of hydrogen-bond acceptors (Lipinski definition) is 4. The van der Waals surface area contributed by atoms with Gasteiger partial charge < -0.3 is 10.3 Å². The van der Waals surface area contributed by atoms with Crippen LogP contribution in [0.25, 0.3) is 0 Å². The molecular weight excluding hydrogens is 282 g/mol. The van der Waals surface area contributed by atoms with Crippen molar-refractivity contribution >= 4 is 11.8 Å². The number of thioether (sulfide) groups is 1. The van der Waals surface area contributed by atoms with E-state index < -0.39 is 0 Å². The van der Waals surface area contributed by atoms with Crippen molar-refractivity contribution in [3.63, 3.8) is 0 Å². The minimum atomic E-state index is -0.0996. The van der Waals surface area contributed by atoms with E-state index in [-0.39, 0.29) is 11.6 Å². The summed E-state index contributed by atoms with van der Waals surface area (Å²) in [5.41, 5.74) is 4.43. The van der Waals surface area contributed by atoms with E-state index in [1.807, 2.05) is 14.0 Å². The number of nitrogens with zero attached hydrogens (tertiary/aromatic N) is 1. The molecule has 0 saturated carbocycles. The van der Waals surface area contributed by atoms with Gasteiger partial charge in [-0.05, 0) is 33.4 Å². The van der Waals surface area contributed by atoms with Gasteiger partial charge in [-0.25, -0.2) is 4.98 Å². The van der Waals surface area contributed by atoms with Crippen LogP contribution in [0.5, 0.6) is 0 Å². The quantitative estimate of drug-likeness (QED) is 0.659. The molecule has 0 radical (unpaired) electrons. The van der Waals surface area contributed by atoms with Crippen LogP contribution in [0.4, 0.5) is 0 Å². The molecule has 1 heterocycles. The van der Waals surface area contributed by atoms with Crippen molar-refractivity contribution in [3.8, 4) is 0 Å². The highest BCUT2D eigenvalue weighted by Crippen LogP contribution is 2.23. The molecule has 0 spiro atoms. The number of benzene rings is 1. The Morgan fingerprint density at radius 3 is 2.43 bits per heavy atom. The monoisotopic (exact) mass is 303 g/mol. The van der Waals surface area contributed by atoms with Crippen LogP contribution < -0.4 is 10.9 Å². The van der Waals surface area contributed by atoms with E-state index in [9.17, 15) is 4.79 Å². The molecule has 5 heteroatoms. The molecule has 21 heavy (non-hydrogen) atoms. The molecule has 0 aliphatic rings. The Bertz CT molecular complexity index is 661. The first-order valence-electron chi connectivity index (χ1n) is 6.94. The lowest BCUT2D eigenvalue weighted by Gasteiger charge is -2.17. The Morgan fingerprint density at radius 1 is 1.19 bits per heavy atom. The molecule has 2 N–H and O–H groups in total. The fraction of sp³-hybridized carbons (Fsp3) is 0.375. The predicted octanol–water partition coefficient (Wildman–Crippen LogP) is 2.75. The van der Waals surface area contributed by atoms with Gasteiger partial charge in [0.15, 0.2) is 5.16 Å². The van der Waals surface area contributed by atoms with Gasteiger partial charge in [0.2, 0.25) is 0 Å². The molecule has 2 rings (SSSR count). The fourth-order valence-corrected chi connectivity index (χ4v) is 3.40. The SMILES string of the molecule is CNC(CSc1nc(C)cc(=O)[nH]1)c1cc(C)cc(C)c1. The summed E-state index contributed by atoms with van der Waals surface area (Å²) in [4.78, 5) is 18.6. The summed E-state index contributed by atoms with van der Waals surface area (Å²) in [5, 5.41) is 4.00. The first kappa shape index (κ1) is 15.8. The molecule has 0 bridgehead atoms. The van der Waals surface area contributed by atoms with Crippen molar-refractivity contribution in [3.05, 3.63) is 57.0 Å². The standard InChI is InChI=1S/C16H21N3OS/c1-10-5-11(2)7-13(6-10)14(17-4)9-21-16-18-12(3)8-15(20)19-16/h5-8,14,17H,9H2,1-4H3,(H,18,19,20). The van der Waals surface area contributed by atoms with E-state index in [1.54, 1.807) is 11.8 Å². The summed E-state index contributed by atoms with van der Waals surface area (Å²) >= 11 is 1.56. The Balaban J connectivity index is 2.13. The normalized spacial score (nSPS) is 12.4. The number of aromatic amines is 1. The molecule has 112 valence electrons. The topological polar surface area (TPSA) is 57.8 Å². The van der Waals surface area contributed by atoms with Crippen molar-refractivity contribution in [1.82, 2.24) is 15.3 Å². The first-order valence-corrected chi connectivity index (χ1v) is 7.92. The molecule has 2 aromatic rings. The largest absolute Gasteiger partial charge is 0.312 e. The molecule has 0 fully saturated rings. The molecule has 0 saturated heterocycles. The highest BCUT2D eigenvalue weighted by atomic mass is 32.2. The molecule has 1 unspecified atom stereocenters. The minimum Gasteiger partial charge on any atom is -0.312 e. The van der Waals surface area contributed by atoms with Crippen LogP contribution in [0, 0.1) is 20.8 Å². The second kappa shape index (κ2) is 6.91. The number of hydrogen-bond donors (Lipinski definition) is 2. The maximum Gasteiger partial charge on any atom is 0.251 e. The summed E-state index contributed by atoms with van der Waals surface area (Å²) in [6, 6.07) is 8.29. The van der Waals surface area contributed by atoms with E-state index in [0.717, 1.165) is 11.4 Å². The minimum absolute atomic E-state index is 0.0996. The van der Waals surface area contributed by atoms with Crippen LogP contribution in [0.15, 0.2) is 34.2 Å². The third-order valence-corrected chi connectivity index (χ3v) is 4.20. The Labute approximate surface area is 129 Å². The molecule has 0 amide bonds. The lowest BCUT2D eigenvalue weighted by atomic mass is 10.0. The molecule has 0 aliphatic heterocycles. The summed E-state index contributed by atoms with van der Waals surface area (Å²) in [6.45, 7) is 6.05. The van der Waals surface area contributed by atoms with Crippen LogP contribution in [0.2, 0.25) is 0 Å². The molecule has 1 atom stereocenters. The third kappa shape index (κ3) is 4.44. The highest BCUT2D eigenvalue weighted by Gasteiger charge is 2.11. The average molecular weight is 303 g/mol. The van der Waals surface area contributed by atoms with E-state index in [0.29, 0.717) is 5.16 Å². The zero-order chi connectivity index (χ0) is 15.4. The van der Waals surface area contributed by atoms with E-state index >= 15 is 0 Å². The molecule has 1 aromatic heterocycles. The molecule has 4 nitrogen and oxygen atoms in total. The van der Waals surface area contributed by atoms with Crippen LogP contribution >= 0.6 is 11.8 Å². The van der Waals surface area contributed by atoms with Gasteiger partial charge in [0, 0.05) is 23.6 Å².